The number of fused-ring (bicyclic) bond motifs is 1. The number of halogens is 2. The summed E-state index contributed by atoms with van der Waals surface area (Å²) < 4.78 is 19.2. The van der Waals surface area contributed by atoms with E-state index >= 15 is 0 Å². The average Bonchev–Trinajstić information content (AvgIpc) is 2.37. The van der Waals surface area contributed by atoms with Gasteiger partial charge in [-0.05, 0) is 47.8 Å². The zero-order valence-corrected chi connectivity index (χ0v) is 14.1. The molecule has 7 heteroatoms. The Hall–Kier alpha value is -0.610. The van der Waals surface area contributed by atoms with Crippen LogP contribution in [-0.4, -0.2) is 17.3 Å². The second-order valence-electron chi connectivity index (χ2n) is 4.28. The molecule has 0 fully saturated rings. The Balaban J connectivity index is 2.28. The van der Waals surface area contributed by atoms with Gasteiger partial charge in [-0.1, -0.05) is 15.9 Å². The number of hydrogen-bond acceptors (Lipinski definition) is 3. The molecule has 4 nitrogen and oxygen atoms in total. The first-order valence-corrected chi connectivity index (χ1v) is 9.66. The van der Waals surface area contributed by atoms with E-state index in [-0.39, 0.29) is 18.3 Å². The van der Waals surface area contributed by atoms with Gasteiger partial charge in [-0.2, -0.15) is 0 Å². The molecule has 0 bridgehead atoms. The van der Waals surface area contributed by atoms with Crippen molar-refractivity contribution in [2.24, 2.45) is 0 Å². The van der Waals surface area contributed by atoms with E-state index in [0.717, 1.165) is 9.86 Å². The lowest BCUT2D eigenvalue weighted by Gasteiger charge is -2.11. The molecule has 1 aromatic carbocycles. The van der Waals surface area contributed by atoms with E-state index in [2.05, 4.69) is 15.9 Å². The van der Waals surface area contributed by atoms with E-state index in [1.165, 1.54) is 4.57 Å². The summed E-state index contributed by atoms with van der Waals surface area (Å²) >= 11 is 9.16. The second kappa shape index (κ2) is 6.44. The molecule has 0 aliphatic carbocycles. The fraction of sp³-hybridized carbons (Fsp3) is 0.308. The molecule has 0 spiro atoms. The van der Waals surface area contributed by atoms with E-state index in [1.54, 1.807) is 19.2 Å². The van der Waals surface area contributed by atoms with Crippen LogP contribution in [0.25, 0.3) is 10.8 Å². The highest BCUT2D eigenvalue weighted by Gasteiger charge is 2.18. The van der Waals surface area contributed by atoms with Gasteiger partial charge in [0.1, 0.15) is 0 Å². The molecule has 0 aliphatic rings. The van der Waals surface area contributed by atoms with Crippen LogP contribution < -0.4 is 5.56 Å². The number of rotatable bonds is 5. The number of nitrogens with zero attached hydrogens (tertiary/aromatic N) is 1. The Morgan fingerprint density at radius 1 is 1.40 bits per heavy atom. The van der Waals surface area contributed by atoms with Gasteiger partial charge in [0.15, 0.2) is 0 Å². The molecular formula is C13H14BrClNO3P. The van der Waals surface area contributed by atoms with Gasteiger partial charge in [-0.15, -0.1) is 0 Å². The van der Waals surface area contributed by atoms with Crippen molar-refractivity contribution in [3.63, 3.8) is 0 Å². The maximum atomic E-state index is 12.3. The fourth-order valence-corrected chi connectivity index (χ4v) is 3.79. The summed E-state index contributed by atoms with van der Waals surface area (Å²) in [7, 11) is 0. The lowest BCUT2D eigenvalue weighted by atomic mass is 10.2. The minimum atomic E-state index is -3.14. The predicted molar refractivity (Wildman–Crippen MR) is 85.9 cm³/mol. The Bertz CT molecular complexity index is 731. The molecule has 108 valence electrons. The van der Waals surface area contributed by atoms with Crippen LogP contribution in [0.5, 0.6) is 0 Å². The van der Waals surface area contributed by atoms with Crippen LogP contribution in [0.2, 0.25) is 0 Å². The van der Waals surface area contributed by atoms with Gasteiger partial charge in [0.2, 0.25) is 0 Å². The molecule has 0 aliphatic heterocycles. The van der Waals surface area contributed by atoms with Crippen molar-refractivity contribution in [2.75, 3.05) is 12.8 Å². The van der Waals surface area contributed by atoms with Crippen LogP contribution in [0.4, 0.5) is 0 Å². The minimum Gasteiger partial charge on any atom is -0.318 e. The van der Waals surface area contributed by atoms with Crippen molar-refractivity contribution in [1.82, 2.24) is 4.57 Å². The molecule has 1 heterocycles. The highest BCUT2D eigenvalue weighted by Crippen LogP contribution is 2.52. The summed E-state index contributed by atoms with van der Waals surface area (Å²) in [5, 5.41) is 1.48. The number of aromatic nitrogens is 1. The van der Waals surface area contributed by atoms with E-state index < -0.39 is 6.72 Å². The van der Waals surface area contributed by atoms with Gasteiger partial charge in [-0.3, -0.25) is 9.36 Å². The molecule has 0 radical (unpaired) electrons. The molecule has 0 saturated heterocycles. The van der Waals surface area contributed by atoms with Gasteiger partial charge in [0.25, 0.3) is 12.3 Å². The lowest BCUT2D eigenvalue weighted by Crippen LogP contribution is -2.21. The molecule has 0 amide bonds. The number of aryl methyl sites for hydroxylation is 1. The van der Waals surface area contributed by atoms with Crippen LogP contribution in [0.1, 0.15) is 6.92 Å². The first-order valence-electron chi connectivity index (χ1n) is 6.15. The number of hydrogen-bond donors (Lipinski definition) is 0. The first kappa shape index (κ1) is 15.8. The van der Waals surface area contributed by atoms with Gasteiger partial charge >= 0.3 is 0 Å². The van der Waals surface area contributed by atoms with Crippen molar-refractivity contribution in [3.05, 3.63) is 45.3 Å². The topological polar surface area (TPSA) is 48.3 Å². The molecule has 20 heavy (non-hydrogen) atoms. The summed E-state index contributed by atoms with van der Waals surface area (Å²) in [4.78, 5) is 12.3. The van der Waals surface area contributed by atoms with E-state index in [9.17, 15) is 9.36 Å². The average molecular weight is 379 g/mol. The second-order valence-corrected chi connectivity index (χ2v) is 8.62. The van der Waals surface area contributed by atoms with Crippen LogP contribution in [0.15, 0.2) is 39.7 Å². The molecule has 1 aromatic heterocycles. The quantitative estimate of drug-likeness (QED) is 0.732. The van der Waals surface area contributed by atoms with E-state index in [0.29, 0.717) is 12.0 Å². The molecule has 1 atom stereocenters. The summed E-state index contributed by atoms with van der Waals surface area (Å²) in [5.41, 5.74) is -0.122. The SMILES string of the molecule is CCOP(=O)(Cl)CCn1ccc2cc(Br)ccc2c1=O. The summed E-state index contributed by atoms with van der Waals surface area (Å²) in [6, 6.07) is 7.32. The third-order valence-corrected chi connectivity index (χ3v) is 5.54. The maximum absolute atomic E-state index is 12.3. The van der Waals surface area contributed by atoms with E-state index in [4.69, 9.17) is 15.8 Å². The monoisotopic (exact) mass is 377 g/mol. The van der Waals surface area contributed by atoms with Crippen molar-refractivity contribution in [2.45, 2.75) is 13.5 Å². The largest absolute Gasteiger partial charge is 0.318 e. The molecule has 1 unspecified atom stereocenters. The van der Waals surface area contributed by atoms with Crippen LogP contribution >= 0.6 is 33.9 Å². The maximum Gasteiger partial charge on any atom is 0.291 e. The number of benzene rings is 1. The standard InChI is InChI=1S/C13H14BrClNO3P/c1-2-19-20(15,18)8-7-16-6-5-10-9-11(14)3-4-12(10)13(16)17/h3-6,9H,2,7-8H2,1H3. The first-order chi connectivity index (χ1) is 9.43. The van der Waals surface area contributed by atoms with Gasteiger partial charge < -0.3 is 9.09 Å². The highest BCUT2D eigenvalue weighted by atomic mass is 79.9. The molecule has 2 rings (SSSR count). The normalized spacial score (nSPS) is 14.3. The molecule has 2 aromatic rings. The Morgan fingerprint density at radius 2 is 2.15 bits per heavy atom. The Kier molecular flexibility index (Phi) is 5.08. The Labute approximate surface area is 130 Å². The van der Waals surface area contributed by atoms with Crippen molar-refractivity contribution < 1.29 is 9.09 Å². The van der Waals surface area contributed by atoms with Gasteiger partial charge in [-0.25, -0.2) is 0 Å². The zero-order valence-electron chi connectivity index (χ0n) is 10.9. The highest BCUT2D eigenvalue weighted by molar-refractivity contribution is 9.10. The minimum absolute atomic E-state index is 0.122. The van der Waals surface area contributed by atoms with Crippen molar-refractivity contribution in [1.29, 1.82) is 0 Å². The summed E-state index contributed by atoms with van der Waals surface area (Å²) in [5.74, 6) is 0. The summed E-state index contributed by atoms with van der Waals surface area (Å²) in [6.45, 7) is -0.847. The smallest absolute Gasteiger partial charge is 0.291 e. The third-order valence-electron chi connectivity index (χ3n) is 2.87. The van der Waals surface area contributed by atoms with Crippen LogP contribution in [-0.2, 0) is 15.6 Å². The van der Waals surface area contributed by atoms with Gasteiger partial charge in [0.05, 0.1) is 12.8 Å². The molecular weight excluding hydrogens is 364 g/mol. The van der Waals surface area contributed by atoms with E-state index in [1.807, 2.05) is 18.2 Å². The zero-order chi connectivity index (χ0) is 14.8. The molecule has 0 saturated carbocycles. The van der Waals surface area contributed by atoms with Crippen molar-refractivity contribution >= 4 is 44.7 Å². The van der Waals surface area contributed by atoms with Gasteiger partial charge in [0, 0.05) is 22.6 Å². The lowest BCUT2D eigenvalue weighted by molar-refractivity contribution is 0.343. The van der Waals surface area contributed by atoms with Crippen molar-refractivity contribution in [3.8, 4) is 0 Å². The molecule has 0 N–H and O–H groups in total. The Morgan fingerprint density at radius 3 is 2.85 bits per heavy atom. The third kappa shape index (κ3) is 3.73. The van der Waals surface area contributed by atoms with Crippen LogP contribution in [0.3, 0.4) is 0 Å². The van der Waals surface area contributed by atoms with Crippen LogP contribution in [0, 0.1) is 0 Å². The summed E-state index contributed by atoms with van der Waals surface area (Å²) in [6.07, 6.45) is 1.81. The number of pyridine rings is 1. The predicted octanol–water partition coefficient (Wildman–Crippen LogP) is 4.23. The fourth-order valence-electron chi connectivity index (χ4n) is 1.92.